The molecule has 0 atom stereocenters. The van der Waals surface area contributed by atoms with Crippen molar-refractivity contribution in [1.82, 2.24) is 24.1 Å². The summed E-state index contributed by atoms with van der Waals surface area (Å²) in [6.45, 7) is 0. The van der Waals surface area contributed by atoms with E-state index < -0.39 is 20.7 Å². The molecule has 12 rings (SSSR count). The van der Waals surface area contributed by atoms with E-state index in [1.54, 1.807) is 0 Å². The first-order chi connectivity index (χ1) is 30.7. The number of hydrogen-bond acceptors (Lipinski definition) is 3. The van der Waals surface area contributed by atoms with Gasteiger partial charge in [-0.2, -0.15) is 0 Å². The molecule has 292 valence electrons. The van der Waals surface area contributed by atoms with E-state index in [1.165, 1.54) is 58.8 Å². The van der Waals surface area contributed by atoms with E-state index in [2.05, 4.69) is 188 Å². The van der Waals surface area contributed by atoms with Crippen LogP contribution in [0.15, 0.2) is 207 Å². The highest BCUT2D eigenvalue weighted by Crippen LogP contribution is 2.41. The maximum Gasteiger partial charge on any atom is 0.160 e. The van der Waals surface area contributed by atoms with Crippen LogP contribution < -0.4 is 0 Å². The molecular formula is C56H36IN5. The van der Waals surface area contributed by atoms with Crippen molar-refractivity contribution in [2.24, 2.45) is 0 Å². The lowest BCUT2D eigenvalue weighted by Crippen LogP contribution is -2.00. The predicted octanol–water partition coefficient (Wildman–Crippen LogP) is 14.1. The summed E-state index contributed by atoms with van der Waals surface area (Å²) in [6, 6.07) is 69.1. The van der Waals surface area contributed by atoms with Crippen LogP contribution in [0.25, 0.3) is 101 Å². The van der Waals surface area contributed by atoms with Crippen LogP contribution in [0.2, 0.25) is 0 Å². The summed E-state index contributed by atoms with van der Waals surface area (Å²) in [5, 5.41) is 3.82. The van der Waals surface area contributed by atoms with Crippen molar-refractivity contribution in [2.75, 3.05) is 0 Å². The van der Waals surface area contributed by atoms with Crippen molar-refractivity contribution in [3.05, 3.63) is 221 Å². The largest absolute Gasteiger partial charge is 0.309 e. The molecule has 0 amide bonds. The maximum absolute atomic E-state index is 5.13. The molecule has 0 saturated heterocycles. The topological polar surface area (TPSA) is 48.5 Å². The van der Waals surface area contributed by atoms with Crippen molar-refractivity contribution >= 4 is 69.1 Å². The lowest BCUT2D eigenvalue weighted by atomic mass is 10.0. The molecule has 1 aliphatic heterocycles. The SMILES string of the molecule is C1=Ic2c(c3ccccc3n2-c2ccc(-c3cc(-c4ccc(-c5ccncc5)cc4)nc(-c4ccccc4)n3)cc2)C=C1c1ccc2c(c1)c1ccccc1n2-c1ccccc1. The minimum Gasteiger partial charge on any atom is -0.309 e. The van der Waals surface area contributed by atoms with Crippen LogP contribution in [0, 0.1) is 3.70 Å². The predicted molar refractivity (Wildman–Crippen MR) is 266 cm³/mol. The van der Waals surface area contributed by atoms with Gasteiger partial charge in [-0.05, 0) is 99.1 Å². The zero-order valence-electron chi connectivity index (χ0n) is 33.4. The van der Waals surface area contributed by atoms with Crippen molar-refractivity contribution in [3.63, 3.8) is 0 Å². The van der Waals surface area contributed by atoms with Crippen LogP contribution in [-0.2, 0) is 0 Å². The molecule has 4 aromatic heterocycles. The molecule has 0 fully saturated rings. The van der Waals surface area contributed by atoms with Crippen molar-refractivity contribution in [2.45, 2.75) is 0 Å². The van der Waals surface area contributed by atoms with E-state index in [0.29, 0.717) is 5.82 Å². The number of halogens is 1. The molecule has 0 radical (unpaired) electrons. The van der Waals surface area contributed by atoms with E-state index in [1.807, 2.05) is 42.7 Å². The summed E-state index contributed by atoms with van der Waals surface area (Å²) in [5.41, 5.74) is 17.0. The number of hydrogen-bond donors (Lipinski definition) is 0. The van der Waals surface area contributed by atoms with Gasteiger partial charge in [0.1, 0.15) is 0 Å². The first-order valence-electron chi connectivity index (χ1n) is 20.7. The van der Waals surface area contributed by atoms with E-state index in [9.17, 15) is 0 Å². The highest BCUT2D eigenvalue weighted by Gasteiger charge is 2.21. The summed E-state index contributed by atoms with van der Waals surface area (Å²) in [4.78, 5) is 14.4. The highest BCUT2D eigenvalue weighted by atomic mass is 127. The average Bonchev–Trinajstić information content (AvgIpc) is 3.87. The standard InChI is InChI=1S/C56H36IN5/c1-3-11-41(12-4-1)56-59-50(39-21-19-37(20-22-39)38-29-31-58-32-30-38)35-51(60-56)40-23-26-45(27-24-40)62-53-18-10-8-16-47(53)49-34-43(36-57-55(49)62)42-25-28-54-48(33-42)46-15-7-9-17-52(46)61(54)44-13-5-2-6-14-44/h1-36H. The molecule has 5 heterocycles. The van der Waals surface area contributed by atoms with Crippen LogP contribution in [0.1, 0.15) is 11.1 Å². The van der Waals surface area contributed by atoms with Gasteiger partial charge >= 0.3 is 0 Å². The van der Waals surface area contributed by atoms with Gasteiger partial charge in [0.25, 0.3) is 0 Å². The van der Waals surface area contributed by atoms with E-state index in [4.69, 9.17) is 9.97 Å². The molecular weight excluding hydrogens is 870 g/mol. The third-order valence-electron chi connectivity index (χ3n) is 11.8. The summed E-state index contributed by atoms with van der Waals surface area (Å²) < 4.78 is 8.76. The fraction of sp³-hybridized carbons (Fsp3) is 0. The van der Waals surface area contributed by atoms with Gasteiger partial charge in [-0.1, -0.05) is 148 Å². The fourth-order valence-corrected chi connectivity index (χ4v) is 11.6. The third-order valence-corrected chi connectivity index (χ3v) is 14.5. The summed E-state index contributed by atoms with van der Waals surface area (Å²) in [5.74, 6) is 0.704. The smallest absolute Gasteiger partial charge is 0.160 e. The van der Waals surface area contributed by atoms with E-state index >= 15 is 0 Å². The van der Waals surface area contributed by atoms with Crippen LogP contribution in [0.5, 0.6) is 0 Å². The second kappa shape index (κ2) is 15.2. The number of nitrogens with zero attached hydrogens (tertiary/aromatic N) is 5. The zero-order valence-corrected chi connectivity index (χ0v) is 35.6. The second-order valence-corrected chi connectivity index (χ2v) is 17.8. The summed E-state index contributed by atoms with van der Waals surface area (Å²) >= 11 is -0.468. The molecule has 0 aliphatic carbocycles. The van der Waals surface area contributed by atoms with Crippen molar-refractivity contribution in [1.29, 1.82) is 0 Å². The van der Waals surface area contributed by atoms with E-state index in [0.717, 1.165) is 44.9 Å². The molecule has 5 nitrogen and oxygen atoms in total. The number of benzene rings is 7. The van der Waals surface area contributed by atoms with Crippen LogP contribution in [0.4, 0.5) is 0 Å². The summed E-state index contributed by atoms with van der Waals surface area (Å²) in [6.07, 6.45) is 6.07. The van der Waals surface area contributed by atoms with E-state index in [-0.39, 0.29) is 0 Å². The monoisotopic (exact) mass is 905 g/mol. The summed E-state index contributed by atoms with van der Waals surface area (Å²) in [7, 11) is 0. The van der Waals surface area contributed by atoms with Gasteiger partial charge in [0.2, 0.25) is 0 Å². The average molecular weight is 906 g/mol. The molecule has 7 aromatic carbocycles. The zero-order chi connectivity index (χ0) is 41.0. The number of para-hydroxylation sites is 3. The van der Waals surface area contributed by atoms with Crippen LogP contribution in [-0.4, -0.2) is 28.1 Å². The van der Waals surface area contributed by atoms with Crippen LogP contribution >= 0.6 is 20.7 Å². The lowest BCUT2D eigenvalue weighted by Gasteiger charge is -2.14. The number of aromatic nitrogens is 5. The van der Waals surface area contributed by atoms with Gasteiger partial charge in [0.05, 0.1) is 31.6 Å². The number of rotatable bonds is 7. The fourth-order valence-electron chi connectivity index (χ4n) is 8.80. The Hall–Kier alpha value is -7.55. The van der Waals surface area contributed by atoms with Gasteiger partial charge in [-0.15, -0.1) is 0 Å². The number of fused-ring (bicyclic) bond motifs is 6. The normalized spacial score (nSPS) is 12.4. The Labute approximate surface area is 368 Å². The quantitative estimate of drug-likeness (QED) is 0.150. The van der Waals surface area contributed by atoms with Gasteiger partial charge in [0, 0.05) is 62.2 Å². The molecule has 0 bridgehead atoms. The Morgan fingerprint density at radius 3 is 1.66 bits per heavy atom. The minimum absolute atomic E-state index is 0.468. The van der Waals surface area contributed by atoms with Crippen molar-refractivity contribution < 1.29 is 0 Å². The highest BCUT2D eigenvalue weighted by molar-refractivity contribution is 14.2. The van der Waals surface area contributed by atoms with Gasteiger partial charge in [-0.3, -0.25) is 4.98 Å². The van der Waals surface area contributed by atoms with Gasteiger partial charge in [0.15, 0.2) is 5.82 Å². The molecule has 0 unspecified atom stereocenters. The Bertz CT molecular complexity index is 3530. The first kappa shape index (κ1) is 36.3. The molecule has 62 heavy (non-hydrogen) atoms. The number of allylic oxidation sites excluding steroid dienone is 1. The molecule has 0 spiro atoms. The van der Waals surface area contributed by atoms with Gasteiger partial charge < -0.3 is 9.13 Å². The number of pyridine rings is 1. The maximum atomic E-state index is 5.13. The van der Waals surface area contributed by atoms with Gasteiger partial charge in [-0.25, -0.2) is 9.97 Å². The first-order valence-corrected chi connectivity index (χ1v) is 23.0. The Balaban J connectivity index is 0.918. The Morgan fingerprint density at radius 2 is 0.935 bits per heavy atom. The second-order valence-electron chi connectivity index (χ2n) is 15.5. The Kier molecular flexibility index (Phi) is 8.89. The van der Waals surface area contributed by atoms with Crippen LogP contribution in [0.3, 0.4) is 0 Å². The lowest BCUT2D eigenvalue weighted by molar-refractivity contribution is 1.08. The molecule has 0 N–H and O–H groups in total. The third kappa shape index (κ3) is 6.30. The van der Waals surface area contributed by atoms with Crippen molar-refractivity contribution in [3.8, 4) is 56.4 Å². The molecule has 1 aliphatic rings. The Morgan fingerprint density at radius 1 is 0.387 bits per heavy atom. The minimum atomic E-state index is -0.468. The molecule has 11 aromatic rings. The molecule has 6 heteroatoms. The molecule has 0 saturated carbocycles.